The molecular weight excluding hydrogens is 152 g/mol. The van der Waals surface area contributed by atoms with Crippen LogP contribution in [0.5, 0.6) is 11.5 Å². The number of hydrogen-bond donors (Lipinski definition) is 2. The first-order valence-corrected chi connectivity index (χ1v) is 4.25. The lowest BCUT2D eigenvalue weighted by Gasteiger charge is -2.03. The van der Waals surface area contributed by atoms with Crippen molar-refractivity contribution >= 4 is 0 Å². The molecule has 0 saturated carbocycles. The Bertz CT molecular complexity index is 256. The van der Waals surface area contributed by atoms with E-state index in [2.05, 4.69) is 6.92 Å². The van der Waals surface area contributed by atoms with Crippen LogP contribution in [0.15, 0.2) is 18.2 Å². The van der Waals surface area contributed by atoms with Gasteiger partial charge in [0.2, 0.25) is 0 Å². The molecule has 0 aliphatic rings. The lowest BCUT2D eigenvalue weighted by Crippen LogP contribution is -1.84. The van der Waals surface area contributed by atoms with E-state index in [0.29, 0.717) is 0 Å². The minimum absolute atomic E-state index is 0.221. The number of aromatic hydroxyl groups is 2. The Morgan fingerprint density at radius 3 is 2.67 bits per heavy atom. The minimum Gasteiger partial charge on any atom is -0.508 e. The van der Waals surface area contributed by atoms with Crippen molar-refractivity contribution in [2.24, 2.45) is 0 Å². The van der Waals surface area contributed by atoms with Crippen molar-refractivity contribution in [3.63, 3.8) is 0 Å². The topological polar surface area (TPSA) is 40.5 Å². The number of phenols is 2. The number of unbranched alkanes of at least 4 members (excludes halogenated alkanes) is 1. The van der Waals surface area contributed by atoms with Crippen LogP contribution < -0.4 is 0 Å². The molecule has 0 amide bonds. The average molecular weight is 166 g/mol. The molecule has 0 fully saturated rings. The molecule has 12 heavy (non-hydrogen) atoms. The van der Waals surface area contributed by atoms with E-state index < -0.39 is 0 Å². The van der Waals surface area contributed by atoms with Crippen LogP contribution in [0.3, 0.4) is 0 Å². The van der Waals surface area contributed by atoms with Crippen LogP contribution in [0.2, 0.25) is 0 Å². The SMILES string of the molecule is CCCCc1cc(O)ccc1O. The number of aryl methyl sites for hydroxylation is 1. The highest BCUT2D eigenvalue weighted by molar-refractivity contribution is 5.38. The van der Waals surface area contributed by atoms with Gasteiger partial charge in [-0.3, -0.25) is 0 Å². The summed E-state index contributed by atoms with van der Waals surface area (Å²) in [6.45, 7) is 2.10. The van der Waals surface area contributed by atoms with Gasteiger partial charge in [0.25, 0.3) is 0 Å². The monoisotopic (exact) mass is 166 g/mol. The first-order valence-electron chi connectivity index (χ1n) is 4.25. The average Bonchev–Trinajstić information content (AvgIpc) is 2.07. The molecule has 0 saturated heterocycles. The van der Waals surface area contributed by atoms with Crippen molar-refractivity contribution in [1.29, 1.82) is 0 Å². The van der Waals surface area contributed by atoms with Crippen LogP contribution in [0, 0.1) is 0 Å². The fourth-order valence-electron chi connectivity index (χ4n) is 1.14. The molecule has 2 heteroatoms. The minimum atomic E-state index is 0.221. The van der Waals surface area contributed by atoms with Crippen LogP contribution in [0.25, 0.3) is 0 Å². The summed E-state index contributed by atoms with van der Waals surface area (Å²) in [6.07, 6.45) is 2.96. The molecule has 1 aromatic rings. The van der Waals surface area contributed by atoms with Gasteiger partial charge in [0, 0.05) is 0 Å². The van der Waals surface area contributed by atoms with E-state index in [1.165, 1.54) is 12.1 Å². The first-order chi connectivity index (χ1) is 5.74. The summed E-state index contributed by atoms with van der Waals surface area (Å²) in [6, 6.07) is 4.64. The summed E-state index contributed by atoms with van der Waals surface area (Å²) in [4.78, 5) is 0. The lowest BCUT2D eigenvalue weighted by atomic mass is 10.1. The van der Waals surface area contributed by atoms with E-state index in [4.69, 9.17) is 5.11 Å². The van der Waals surface area contributed by atoms with Gasteiger partial charge in [-0.1, -0.05) is 13.3 Å². The largest absolute Gasteiger partial charge is 0.508 e. The van der Waals surface area contributed by atoms with Gasteiger partial charge in [-0.25, -0.2) is 0 Å². The number of hydrogen-bond acceptors (Lipinski definition) is 2. The molecule has 0 radical (unpaired) electrons. The predicted octanol–water partition coefficient (Wildman–Crippen LogP) is 2.44. The zero-order valence-electron chi connectivity index (χ0n) is 7.25. The highest BCUT2D eigenvalue weighted by Crippen LogP contribution is 2.23. The van der Waals surface area contributed by atoms with Crippen molar-refractivity contribution in [2.45, 2.75) is 26.2 Å². The zero-order valence-corrected chi connectivity index (χ0v) is 7.25. The third-order valence-corrected chi connectivity index (χ3v) is 1.86. The van der Waals surface area contributed by atoms with Gasteiger partial charge in [0.15, 0.2) is 0 Å². The van der Waals surface area contributed by atoms with Gasteiger partial charge in [-0.2, -0.15) is 0 Å². The Labute approximate surface area is 72.5 Å². The van der Waals surface area contributed by atoms with Crippen LogP contribution in [-0.2, 0) is 6.42 Å². The third kappa shape index (κ3) is 2.16. The highest BCUT2D eigenvalue weighted by Gasteiger charge is 2.00. The normalized spacial score (nSPS) is 10.1. The molecule has 66 valence electrons. The molecule has 0 bridgehead atoms. The van der Waals surface area contributed by atoms with Gasteiger partial charge in [0.05, 0.1) is 0 Å². The maximum atomic E-state index is 9.35. The van der Waals surface area contributed by atoms with Crippen LogP contribution in [-0.4, -0.2) is 10.2 Å². The quantitative estimate of drug-likeness (QED) is 0.677. The first kappa shape index (κ1) is 8.91. The summed E-state index contributed by atoms with van der Waals surface area (Å²) >= 11 is 0. The molecule has 0 heterocycles. The summed E-state index contributed by atoms with van der Waals surface area (Å²) in [5.74, 6) is 0.500. The predicted molar refractivity (Wildman–Crippen MR) is 48.4 cm³/mol. The van der Waals surface area contributed by atoms with Crippen LogP contribution >= 0.6 is 0 Å². The molecule has 1 rings (SSSR count). The summed E-state index contributed by atoms with van der Waals surface area (Å²) in [5.41, 5.74) is 0.830. The Hall–Kier alpha value is -1.18. The maximum Gasteiger partial charge on any atom is 0.119 e. The van der Waals surface area contributed by atoms with E-state index in [9.17, 15) is 5.11 Å². The van der Waals surface area contributed by atoms with E-state index >= 15 is 0 Å². The fourth-order valence-corrected chi connectivity index (χ4v) is 1.14. The Balaban J connectivity index is 2.75. The van der Waals surface area contributed by atoms with Crippen LogP contribution in [0.4, 0.5) is 0 Å². The summed E-state index contributed by atoms with van der Waals surface area (Å²) in [7, 11) is 0. The van der Waals surface area contributed by atoms with Gasteiger partial charge >= 0.3 is 0 Å². The molecule has 2 nitrogen and oxygen atoms in total. The van der Waals surface area contributed by atoms with Crippen molar-refractivity contribution in [1.82, 2.24) is 0 Å². The Morgan fingerprint density at radius 1 is 1.25 bits per heavy atom. The summed E-state index contributed by atoms with van der Waals surface area (Å²) in [5, 5.41) is 18.5. The molecule has 0 aliphatic carbocycles. The molecule has 0 aromatic heterocycles. The van der Waals surface area contributed by atoms with Crippen molar-refractivity contribution in [3.05, 3.63) is 23.8 Å². The van der Waals surface area contributed by atoms with E-state index in [1.54, 1.807) is 6.07 Å². The van der Waals surface area contributed by atoms with Gasteiger partial charge in [0.1, 0.15) is 11.5 Å². The standard InChI is InChI=1S/C10H14O2/c1-2-3-4-8-7-9(11)5-6-10(8)12/h5-7,11-12H,2-4H2,1H3. The van der Waals surface area contributed by atoms with Crippen LogP contribution in [0.1, 0.15) is 25.3 Å². The van der Waals surface area contributed by atoms with Crippen molar-refractivity contribution < 1.29 is 10.2 Å². The molecule has 2 N–H and O–H groups in total. The van der Waals surface area contributed by atoms with E-state index in [-0.39, 0.29) is 11.5 Å². The van der Waals surface area contributed by atoms with Crippen molar-refractivity contribution in [2.75, 3.05) is 0 Å². The zero-order chi connectivity index (χ0) is 8.97. The molecule has 1 aromatic carbocycles. The second kappa shape index (κ2) is 4.00. The number of benzene rings is 1. The van der Waals surface area contributed by atoms with Gasteiger partial charge < -0.3 is 10.2 Å². The fraction of sp³-hybridized carbons (Fsp3) is 0.400. The van der Waals surface area contributed by atoms with Gasteiger partial charge in [-0.15, -0.1) is 0 Å². The highest BCUT2D eigenvalue weighted by atomic mass is 16.3. The number of rotatable bonds is 3. The van der Waals surface area contributed by atoms with Crippen molar-refractivity contribution in [3.8, 4) is 11.5 Å². The van der Waals surface area contributed by atoms with E-state index in [1.807, 2.05) is 0 Å². The Morgan fingerprint density at radius 2 is 2.00 bits per heavy atom. The molecular formula is C10H14O2. The molecule has 0 aliphatic heterocycles. The Kier molecular flexibility index (Phi) is 2.97. The maximum absolute atomic E-state index is 9.35. The second-order valence-corrected chi connectivity index (χ2v) is 2.92. The third-order valence-electron chi connectivity index (χ3n) is 1.86. The summed E-state index contributed by atoms with van der Waals surface area (Å²) < 4.78 is 0. The molecule has 0 spiro atoms. The van der Waals surface area contributed by atoms with Gasteiger partial charge in [-0.05, 0) is 36.6 Å². The second-order valence-electron chi connectivity index (χ2n) is 2.92. The van der Waals surface area contributed by atoms with E-state index in [0.717, 1.165) is 24.8 Å². The lowest BCUT2D eigenvalue weighted by molar-refractivity contribution is 0.453. The smallest absolute Gasteiger partial charge is 0.119 e. The number of phenolic OH excluding ortho intramolecular Hbond substituents is 2. The molecule has 0 atom stereocenters. The molecule has 0 unspecified atom stereocenters.